The average molecular weight is 375 g/mol. The summed E-state index contributed by atoms with van der Waals surface area (Å²) in [4.78, 5) is 3.08. The maximum atomic E-state index is 5.85. The van der Waals surface area contributed by atoms with Gasteiger partial charge in [-0.05, 0) is 17.0 Å². The molecule has 27 heavy (non-hydrogen) atoms. The summed E-state index contributed by atoms with van der Waals surface area (Å²) in [6.45, 7) is 3.10. The van der Waals surface area contributed by atoms with Gasteiger partial charge >= 0.3 is 0 Å². The lowest BCUT2D eigenvalue weighted by Gasteiger charge is -2.30. The van der Waals surface area contributed by atoms with Crippen LogP contribution >= 0.6 is 12.2 Å². The minimum Gasteiger partial charge on any atom is -0.378 e. The Morgan fingerprint density at radius 3 is 2.41 bits per heavy atom. The van der Waals surface area contributed by atoms with Crippen molar-refractivity contribution in [3.8, 4) is 0 Å². The lowest BCUT2D eigenvalue weighted by atomic mass is 10.1. The largest absolute Gasteiger partial charge is 0.378 e. The first-order valence-corrected chi connectivity index (χ1v) is 9.61. The number of hydrogen-bond donors (Lipinski definition) is 1. The molecule has 0 unspecified atom stereocenters. The zero-order valence-corrected chi connectivity index (χ0v) is 15.9. The Bertz CT molecular complexity index is 957. The van der Waals surface area contributed by atoms with Crippen LogP contribution in [0.2, 0.25) is 0 Å². The number of fused-ring (bicyclic) bond motifs is 1. The summed E-state index contributed by atoms with van der Waals surface area (Å²) in [6.07, 6.45) is 2.04. The van der Waals surface area contributed by atoms with Crippen LogP contribution in [0.3, 0.4) is 0 Å². The molecular weight excluding hydrogens is 352 g/mol. The summed E-state index contributed by atoms with van der Waals surface area (Å²) >= 11 is 5.85. The SMILES string of the molecule is S=C(C(=CNc1cccc2ccccc12)c1ccccc1)N1CCOCC1. The van der Waals surface area contributed by atoms with Gasteiger partial charge in [-0.25, -0.2) is 0 Å². The van der Waals surface area contributed by atoms with Crippen LogP contribution in [0.15, 0.2) is 79.0 Å². The Hall–Kier alpha value is -2.69. The number of nitrogens with one attached hydrogen (secondary N) is 1. The number of rotatable bonds is 4. The molecule has 0 spiro atoms. The van der Waals surface area contributed by atoms with Gasteiger partial charge in [-0.3, -0.25) is 0 Å². The zero-order chi connectivity index (χ0) is 18.5. The van der Waals surface area contributed by atoms with Gasteiger partial charge in [-0.2, -0.15) is 0 Å². The molecule has 0 aromatic heterocycles. The van der Waals surface area contributed by atoms with Crippen molar-refractivity contribution >= 4 is 39.2 Å². The maximum Gasteiger partial charge on any atom is 0.111 e. The van der Waals surface area contributed by atoms with E-state index >= 15 is 0 Å². The van der Waals surface area contributed by atoms with Crippen LogP contribution < -0.4 is 5.32 Å². The summed E-state index contributed by atoms with van der Waals surface area (Å²) < 4.78 is 5.48. The van der Waals surface area contributed by atoms with E-state index < -0.39 is 0 Å². The van der Waals surface area contributed by atoms with Gasteiger partial charge in [-0.1, -0.05) is 78.9 Å². The smallest absolute Gasteiger partial charge is 0.111 e. The molecular formula is C23H22N2OS. The van der Waals surface area contributed by atoms with Crippen LogP contribution in [0.25, 0.3) is 16.3 Å². The third-order valence-electron chi connectivity index (χ3n) is 4.78. The minimum absolute atomic E-state index is 0.721. The number of hydrogen-bond acceptors (Lipinski definition) is 3. The van der Waals surface area contributed by atoms with Gasteiger partial charge in [0.05, 0.1) is 13.2 Å². The van der Waals surface area contributed by atoms with Crippen LogP contribution in [-0.4, -0.2) is 36.2 Å². The first-order valence-electron chi connectivity index (χ1n) is 9.20. The molecule has 4 heteroatoms. The van der Waals surface area contributed by atoms with E-state index in [2.05, 4.69) is 64.8 Å². The Kier molecular flexibility index (Phi) is 5.47. The molecule has 0 atom stereocenters. The maximum absolute atomic E-state index is 5.85. The van der Waals surface area contributed by atoms with E-state index in [1.54, 1.807) is 0 Å². The van der Waals surface area contributed by atoms with Gasteiger partial charge in [0.15, 0.2) is 0 Å². The molecule has 1 aliphatic heterocycles. The molecule has 0 saturated carbocycles. The topological polar surface area (TPSA) is 24.5 Å². The van der Waals surface area contributed by atoms with Crippen LogP contribution in [-0.2, 0) is 4.74 Å². The second-order valence-electron chi connectivity index (χ2n) is 6.50. The predicted molar refractivity (Wildman–Crippen MR) is 117 cm³/mol. The lowest BCUT2D eigenvalue weighted by Crippen LogP contribution is -2.40. The molecule has 0 radical (unpaired) electrons. The van der Waals surface area contributed by atoms with Crippen molar-refractivity contribution in [1.29, 1.82) is 0 Å². The normalized spacial score (nSPS) is 15.0. The Morgan fingerprint density at radius 1 is 0.889 bits per heavy atom. The van der Waals surface area contributed by atoms with Crippen LogP contribution in [0.1, 0.15) is 5.56 Å². The highest BCUT2D eigenvalue weighted by Crippen LogP contribution is 2.25. The first-order chi connectivity index (χ1) is 13.3. The van der Waals surface area contributed by atoms with E-state index in [0.29, 0.717) is 0 Å². The van der Waals surface area contributed by atoms with Crippen molar-refractivity contribution in [2.45, 2.75) is 0 Å². The molecule has 4 rings (SSSR count). The Labute approximate surface area is 165 Å². The summed E-state index contributed by atoms with van der Waals surface area (Å²) in [5, 5.41) is 5.91. The van der Waals surface area contributed by atoms with E-state index in [0.717, 1.165) is 48.1 Å². The molecule has 1 heterocycles. The standard InChI is InChI=1S/C23H22N2OS/c27-23(25-13-15-26-16-14-25)21(19-7-2-1-3-8-19)17-24-22-12-6-10-18-9-4-5-11-20(18)22/h1-12,17,24H,13-16H2. The second-order valence-corrected chi connectivity index (χ2v) is 6.89. The van der Waals surface area contributed by atoms with Gasteiger partial charge in [0.2, 0.25) is 0 Å². The fourth-order valence-corrected chi connectivity index (χ4v) is 3.68. The quantitative estimate of drug-likeness (QED) is 0.516. The van der Waals surface area contributed by atoms with Crippen molar-refractivity contribution in [1.82, 2.24) is 4.90 Å². The number of benzene rings is 3. The summed E-state index contributed by atoms with van der Waals surface area (Å²) in [5.74, 6) is 0. The van der Waals surface area contributed by atoms with E-state index in [9.17, 15) is 0 Å². The van der Waals surface area contributed by atoms with Gasteiger partial charge in [0.25, 0.3) is 0 Å². The fraction of sp³-hybridized carbons (Fsp3) is 0.174. The molecule has 1 N–H and O–H groups in total. The number of nitrogens with zero attached hydrogens (tertiary/aromatic N) is 1. The summed E-state index contributed by atoms with van der Waals surface area (Å²) in [5.41, 5.74) is 3.22. The first kappa shape index (κ1) is 17.7. The molecule has 0 aliphatic carbocycles. The average Bonchev–Trinajstić information content (AvgIpc) is 2.75. The van der Waals surface area contributed by atoms with E-state index in [-0.39, 0.29) is 0 Å². The lowest BCUT2D eigenvalue weighted by molar-refractivity contribution is 0.0696. The molecule has 1 saturated heterocycles. The number of morpholine rings is 1. The van der Waals surface area contributed by atoms with Crippen molar-refractivity contribution in [3.63, 3.8) is 0 Å². The minimum atomic E-state index is 0.721. The van der Waals surface area contributed by atoms with E-state index in [1.807, 2.05) is 24.4 Å². The van der Waals surface area contributed by atoms with Crippen LogP contribution in [0.4, 0.5) is 5.69 Å². The molecule has 1 aliphatic rings. The molecule has 3 aromatic carbocycles. The third-order valence-corrected chi connectivity index (χ3v) is 5.25. The van der Waals surface area contributed by atoms with Gasteiger partial charge in [0.1, 0.15) is 4.99 Å². The van der Waals surface area contributed by atoms with Crippen molar-refractivity contribution in [3.05, 3.63) is 84.6 Å². The molecule has 3 aromatic rings. The van der Waals surface area contributed by atoms with Crippen LogP contribution in [0, 0.1) is 0 Å². The zero-order valence-electron chi connectivity index (χ0n) is 15.1. The highest BCUT2D eigenvalue weighted by atomic mass is 32.1. The molecule has 3 nitrogen and oxygen atoms in total. The number of ether oxygens (including phenoxy) is 1. The monoisotopic (exact) mass is 374 g/mol. The Morgan fingerprint density at radius 2 is 1.59 bits per heavy atom. The van der Waals surface area contributed by atoms with Gasteiger partial charge in [-0.15, -0.1) is 0 Å². The van der Waals surface area contributed by atoms with Crippen LogP contribution in [0.5, 0.6) is 0 Å². The van der Waals surface area contributed by atoms with E-state index in [4.69, 9.17) is 17.0 Å². The highest BCUT2D eigenvalue weighted by Gasteiger charge is 2.18. The van der Waals surface area contributed by atoms with E-state index in [1.165, 1.54) is 10.8 Å². The summed E-state index contributed by atoms with van der Waals surface area (Å²) in [6, 6.07) is 25.0. The van der Waals surface area contributed by atoms with Crippen molar-refractivity contribution < 1.29 is 4.74 Å². The van der Waals surface area contributed by atoms with Crippen molar-refractivity contribution in [2.75, 3.05) is 31.6 Å². The molecule has 0 amide bonds. The second kappa shape index (κ2) is 8.33. The summed E-state index contributed by atoms with van der Waals surface area (Å²) in [7, 11) is 0. The van der Waals surface area contributed by atoms with Gasteiger partial charge in [0, 0.05) is 35.9 Å². The Balaban J connectivity index is 1.68. The molecule has 0 bridgehead atoms. The third kappa shape index (κ3) is 4.02. The predicted octanol–water partition coefficient (Wildman–Crippen LogP) is 4.95. The molecule has 136 valence electrons. The number of anilines is 1. The van der Waals surface area contributed by atoms with Crippen molar-refractivity contribution in [2.24, 2.45) is 0 Å². The fourth-order valence-electron chi connectivity index (χ4n) is 3.32. The number of thiocarbonyl (C=S) groups is 1. The van der Waals surface area contributed by atoms with Gasteiger partial charge < -0.3 is 15.0 Å². The highest BCUT2D eigenvalue weighted by molar-refractivity contribution is 7.81. The molecule has 1 fully saturated rings.